The summed E-state index contributed by atoms with van der Waals surface area (Å²) in [5.41, 5.74) is 0.646. The molecule has 156 valence electrons. The molecule has 2 aliphatic heterocycles. The van der Waals surface area contributed by atoms with Gasteiger partial charge in [-0.15, -0.1) is 0 Å². The molecule has 4 rings (SSSR count). The molecule has 2 aromatic carbocycles. The van der Waals surface area contributed by atoms with Gasteiger partial charge in [0, 0.05) is 32.7 Å². The number of hydrogen-bond acceptors (Lipinski definition) is 6. The molecule has 2 aliphatic rings. The maximum Gasteiger partial charge on any atom is 0.161 e. The zero-order valence-electron chi connectivity index (χ0n) is 16.4. The van der Waals surface area contributed by atoms with Gasteiger partial charge >= 0.3 is 0 Å². The Morgan fingerprint density at radius 3 is 2.55 bits per heavy atom. The average Bonchev–Trinajstić information content (AvgIpc) is 2.75. The van der Waals surface area contributed by atoms with Crippen LogP contribution in [0.3, 0.4) is 0 Å². The summed E-state index contributed by atoms with van der Waals surface area (Å²) in [6, 6.07) is 14.4. The standard InChI is InChI=1S/C22H27FN2O4/c23-19-5-1-2-6-20(19)25-11-9-24(10-12-25)13-17(26)14-27-15-18-16-28-21-7-3-4-8-22(21)29-18/h1-8,17-18,26H,9-16H2/t17-,18-/m0/s1. The quantitative estimate of drug-likeness (QED) is 0.766. The Bertz CT molecular complexity index is 798. The van der Waals surface area contributed by atoms with Gasteiger partial charge in [-0.05, 0) is 24.3 Å². The van der Waals surface area contributed by atoms with E-state index in [9.17, 15) is 9.50 Å². The van der Waals surface area contributed by atoms with Crippen LogP contribution in [-0.4, -0.2) is 74.8 Å². The summed E-state index contributed by atoms with van der Waals surface area (Å²) < 4.78 is 31.1. The second kappa shape index (κ2) is 9.43. The third-order valence-corrected chi connectivity index (χ3v) is 5.22. The molecular weight excluding hydrogens is 375 g/mol. The summed E-state index contributed by atoms with van der Waals surface area (Å²) in [6.45, 7) is 4.62. The smallest absolute Gasteiger partial charge is 0.161 e. The zero-order chi connectivity index (χ0) is 20.1. The lowest BCUT2D eigenvalue weighted by Crippen LogP contribution is -2.49. The molecule has 2 atom stereocenters. The van der Waals surface area contributed by atoms with Crippen molar-refractivity contribution in [3.05, 3.63) is 54.3 Å². The summed E-state index contributed by atoms with van der Waals surface area (Å²) in [6.07, 6.45) is -0.756. The predicted octanol–water partition coefficient (Wildman–Crippen LogP) is 2.17. The molecule has 0 unspecified atom stereocenters. The Labute approximate surface area is 170 Å². The first-order chi connectivity index (χ1) is 14.2. The molecule has 1 fully saturated rings. The van der Waals surface area contributed by atoms with Crippen molar-refractivity contribution in [1.82, 2.24) is 4.90 Å². The second-order valence-electron chi connectivity index (χ2n) is 7.43. The number of anilines is 1. The fraction of sp³-hybridized carbons (Fsp3) is 0.455. The highest BCUT2D eigenvalue weighted by Crippen LogP contribution is 2.30. The molecule has 1 saturated heterocycles. The molecule has 0 radical (unpaired) electrons. The summed E-state index contributed by atoms with van der Waals surface area (Å²) in [4.78, 5) is 4.23. The molecule has 6 nitrogen and oxygen atoms in total. The minimum absolute atomic E-state index is 0.179. The third-order valence-electron chi connectivity index (χ3n) is 5.22. The number of β-amino-alcohol motifs (C(OH)–C–C–N with tert-alkyl or cyclic N) is 1. The summed E-state index contributed by atoms with van der Waals surface area (Å²) >= 11 is 0. The van der Waals surface area contributed by atoms with Gasteiger partial charge in [-0.25, -0.2) is 4.39 Å². The van der Waals surface area contributed by atoms with Crippen LogP contribution in [0.25, 0.3) is 0 Å². The SMILES string of the molecule is O[C@H](COC[C@H]1COc2ccccc2O1)CN1CCN(c2ccccc2F)CC1. The van der Waals surface area contributed by atoms with E-state index in [2.05, 4.69) is 4.90 Å². The van der Waals surface area contributed by atoms with Gasteiger partial charge in [0.05, 0.1) is 25.0 Å². The molecule has 29 heavy (non-hydrogen) atoms. The van der Waals surface area contributed by atoms with Crippen LogP contribution >= 0.6 is 0 Å². The highest BCUT2D eigenvalue weighted by atomic mass is 19.1. The van der Waals surface area contributed by atoms with Crippen LogP contribution in [0.2, 0.25) is 0 Å². The van der Waals surface area contributed by atoms with E-state index >= 15 is 0 Å². The van der Waals surface area contributed by atoms with Gasteiger partial charge in [0.15, 0.2) is 17.6 Å². The Morgan fingerprint density at radius 2 is 1.76 bits per heavy atom. The lowest BCUT2D eigenvalue weighted by atomic mass is 10.2. The summed E-state index contributed by atoms with van der Waals surface area (Å²) in [7, 11) is 0. The molecule has 2 heterocycles. The number of para-hydroxylation sites is 3. The average molecular weight is 402 g/mol. The lowest BCUT2D eigenvalue weighted by Gasteiger charge is -2.37. The Hall–Kier alpha value is -2.35. The molecular formula is C22H27FN2O4. The van der Waals surface area contributed by atoms with E-state index in [0.29, 0.717) is 25.4 Å². The van der Waals surface area contributed by atoms with E-state index in [-0.39, 0.29) is 18.5 Å². The normalized spacial score (nSPS) is 20.5. The van der Waals surface area contributed by atoms with Crippen molar-refractivity contribution >= 4 is 5.69 Å². The third kappa shape index (κ3) is 5.18. The van der Waals surface area contributed by atoms with E-state index in [0.717, 1.165) is 37.7 Å². The van der Waals surface area contributed by atoms with Gasteiger partial charge in [0.25, 0.3) is 0 Å². The minimum atomic E-state index is -0.577. The summed E-state index contributed by atoms with van der Waals surface area (Å²) in [5.74, 6) is 1.28. The number of piperazine rings is 1. The first kappa shape index (κ1) is 19.9. The number of halogens is 1. The molecule has 0 aromatic heterocycles. The van der Waals surface area contributed by atoms with E-state index < -0.39 is 6.10 Å². The second-order valence-corrected chi connectivity index (χ2v) is 7.43. The molecule has 0 amide bonds. The van der Waals surface area contributed by atoms with Crippen molar-refractivity contribution in [3.8, 4) is 11.5 Å². The molecule has 0 aliphatic carbocycles. The Morgan fingerprint density at radius 1 is 1.03 bits per heavy atom. The number of nitrogens with zero attached hydrogens (tertiary/aromatic N) is 2. The summed E-state index contributed by atoms with van der Waals surface area (Å²) in [5, 5.41) is 10.3. The highest BCUT2D eigenvalue weighted by molar-refractivity contribution is 5.48. The van der Waals surface area contributed by atoms with Crippen LogP contribution in [-0.2, 0) is 4.74 Å². The number of benzene rings is 2. The number of ether oxygens (including phenoxy) is 3. The monoisotopic (exact) mass is 402 g/mol. The van der Waals surface area contributed by atoms with Crippen LogP contribution in [0, 0.1) is 5.82 Å². The highest BCUT2D eigenvalue weighted by Gasteiger charge is 2.23. The van der Waals surface area contributed by atoms with Crippen molar-refractivity contribution < 1.29 is 23.7 Å². The van der Waals surface area contributed by atoms with Crippen molar-refractivity contribution in [2.24, 2.45) is 0 Å². The van der Waals surface area contributed by atoms with Crippen molar-refractivity contribution in [3.63, 3.8) is 0 Å². The maximum atomic E-state index is 13.9. The molecule has 0 spiro atoms. The molecule has 0 bridgehead atoms. The fourth-order valence-corrected chi connectivity index (χ4v) is 3.71. The van der Waals surface area contributed by atoms with Crippen molar-refractivity contribution in [2.75, 3.05) is 57.4 Å². The van der Waals surface area contributed by atoms with Gasteiger partial charge in [0.2, 0.25) is 0 Å². The van der Waals surface area contributed by atoms with E-state index in [1.165, 1.54) is 6.07 Å². The number of aliphatic hydroxyl groups excluding tert-OH is 1. The largest absolute Gasteiger partial charge is 0.486 e. The van der Waals surface area contributed by atoms with E-state index in [1.54, 1.807) is 6.07 Å². The van der Waals surface area contributed by atoms with Crippen LogP contribution in [0.4, 0.5) is 10.1 Å². The van der Waals surface area contributed by atoms with Crippen LogP contribution < -0.4 is 14.4 Å². The van der Waals surface area contributed by atoms with E-state index in [4.69, 9.17) is 14.2 Å². The first-order valence-corrected chi connectivity index (χ1v) is 10.0. The van der Waals surface area contributed by atoms with Gasteiger partial charge in [-0.3, -0.25) is 4.90 Å². The molecule has 0 saturated carbocycles. The van der Waals surface area contributed by atoms with Gasteiger partial charge in [-0.2, -0.15) is 0 Å². The molecule has 1 N–H and O–H groups in total. The minimum Gasteiger partial charge on any atom is -0.486 e. The number of rotatable bonds is 7. The van der Waals surface area contributed by atoms with Crippen LogP contribution in [0.5, 0.6) is 11.5 Å². The fourth-order valence-electron chi connectivity index (χ4n) is 3.71. The van der Waals surface area contributed by atoms with Crippen LogP contribution in [0.1, 0.15) is 0 Å². The first-order valence-electron chi connectivity index (χ1n) is 10.0. The van der Waals surface area contributed by atoms with Crippen LogP contribution in [0.15, 0.2) is 48.5 Å². The zero-order valence-corrected chi connectivity index (χ0v) is 16.4. The Kier molecular flexibility index (Phi) is 6.49. The van der Waals surface area contributed by atoms with Gasteiger partial charge < -0.3 is 24.2 Å². The van der Waals surface area contributed by atoms with Crippen molar-refractivity contribution in [2.45, 2.75) is 12.2 Å². The maximum absolute atomic E-state index is 13.9. The number of aliphatic hydroxyl groups is 1. The topological polar surface area (TPSA) is 54.4 Å². The van der Waals surface area contributed by atoms with Gasteiger partial charge in [0.1, 0.15) is 12.4 Å². The van der Waals surface area contributed by atoms with E-state index in [1.807, 2.05) is 41.3 Å². The molecule has 7 heteroatoms. The number of hydrogen-bond donors (Lipinski definition) is 1. The van der Waals surface area contributed by atoms with Crippen molar-refractivity contribution in [1.29, 1.82) is 0 Å². The van der Waals surface area contributed by atoms with Gasteiger partial charge in [-0.1, -0.05) is 24.3 Å². The predicted molar refractivity (Wildman–Crippen MR) is 108 cm³/mol. The Balaban J connectivity index is 1.15. The molecule has 2 aromatic rings. The number of fused-ring (bicyclic) bond motifs is 1. The lowest BCUT2D eigenvalue weighted by molar-refractivity contribution is -0.0292.